The second-order valence-corrected chi connectivity index (χ2v) is 6.94. The minimum absolute atomic E-state index is 0.0699. The number of hydrogen-bond acceptors (Lipinski definition) is 6. The summed E-state index contributed by atoms with van der Waals surface area (Å²) in [4.78, 5) is 17.9. The van der Waals surface area contributed by atoms with Crippen LogP contribution in [0.4, 0.5) is 0 Å². The van der Waals surface area contributed by atoms with E-state index in [-0.39, 0.29) is 29.4 Å². The SMILES string of the molecule is CC(CC(O)(O)c1cc(O)ccc1OP(=O)(O)O)c1ccc(O)cc1. The smallest absolute Gasteiger partial charge is 0.508 e. The van der Waals surface area contributed by atoms with E-state index in [4.69, 9.17) is 9.79 Å². The van der Waals surface area contributed by atoms with E-state index in [1.54, 1.807) is 19.1 Å². The Kier molecular flexibility index (Phi) is 5.41. The number of phenols is 2. The van der Waals surface area contributed by atoms with Crippen LogP contribution >= 0.6 is 7.82 Å². The molecular formula is C16H19O8P. The normalized spacial score (nSPS) is 13.5. The van der Waals surface area contributed by atoms with Crippen LogP contribution in [0.3, 0.4) is 0 Å². The van der Waals surface area contributed by atoms with Gasteiger partial charge in [0.05, 0.1) is 5.56 Å². The van der Waals surface area contributed by atoms with Crippen molar-refractivity contribution in [1.82, 2.24) is 0 Å². The van der Waals surface area contributed by atoms with Crippen LogP contribution in [0.25, 0.3) is 0 Å². The third kappa shape index (κ3) is 5.19. The molecule has 1 atom stereocenters. The van der Waals surface area contributed by atoms with Crippen molar-refractivity contribution < 1.29 is 39.3 Å². The zero-order chi connectivity index (χ0) is 18.8. The summed E-state index contributed by atoms with van der Waals surface area (Å²) < 4.78 is 15.5. The monoisotopic (exact) mass is 370 g/mol. The average molecular weight is 370 g/mol. The Balaban J connectivity index is 2.33. The Labute approximate surface area is 143 Å². The summed E-state index contributed by atoms with van der Waals surface area (Å²) >= 11 is 0. The van der Waals surface area contributed by atoms with Gasteiger partial charge in [0.25, 0.3) is 0 Å². The van der Waals surface area contributed by atoms with Gasteiger partial charge in [-0.1, -0.05) is 19.1 Å². The van der Waals surface area contributed by atoms with Crippen molar-refractivity contribution in [3.63, 3.8) is 0 Å². The van der Waals surface area contributed by atoms with Crippen molar-refractivity contribution in [2.45, 2.75) is 25.0 Å². The second kappa shape index (κ2) is 7.03. The lowest BCUT2D eigenvalue weighted by Crippen LogP contribution is -2.27. The van der Waals surface area contributed by atoms with Gasteiger partial charge in [0.1, 0.15) is 17.2 Å². The minimum Gasteiger partial charge on any atom is -0.508 e. The summed E-state index contributed by atoms with van der Waals surface area (Å²) in [5.74, 6) is -3.62. The van der Waals surface area contributed by atoms with Crippen LogP contribution in [0.5, 0.6) is 17.2 Å². The number of phosphoric acid groups is 1. The molecule has 0 heterocycles. The van der Waals surface area contributed by atoms with Gasteiger partial charge >= 0.3 is 7.82 Å². The second-order valence-electron chi connectivity index (χ2n) is 5.78. The fourth-order valence-corrected chi connectivity index (χ4v) is 2.91. The van der Waals surface area contributed by atoms with E-state index in [0.717, 1.165) is 18.2 Å². The van der Waals surface area contributed by atoms with Crippen molar-refractivity contribution in [3.05, 3.63) is 53.6 Å². The Morgan fingerprint density at radius 1 is 1.04 bits per heavy atom. The number of phosphoric ester groups is 1. The molecular weight excluding hydrogens is 351 g/mol. The molecule has 2 rings (SSSR count). The molecule has 0 spiro atoms. The fraction of sp³-hybridized carbons (Fsp3) is 0.250. The largest absolute Gasteiger partial charge is 0.524 e. The van der Waals surface area contributed by atoms with Crippen LogP contribution in [-0.4, -0.2) is 30.2 Å². The van der Waals surface area contributed by atoms with E-state index in [9.17, 15) is 25.0 Å². The first-order chi connectivity index (χ1) is 11.5. The van der Waals surface area contributed by atoms with E-state index in [0.29, 0.717) is 5.56 Å². The molecule has 0 fully saturated rings. The summed E-state index contributed by atoms with van der Waals surface area (Å²) in [5.41, 5.74) is 0.337. The molecule has 0 aromatic heterocycles. The minimum atomic E-state index is -4.93. The molecule has 0 saturated carbocycles. The number of benzene rings is 2. The summed E-state index contributed by atoms with van der Waals surface area (Å²) in [6.07, 6.45) is -0.251. The topological polar surface area (TPSA) is 148 Å². The molecule has 25 heavy (non-hydrogen) atoms. The van der Waals surface area contributed by atoms with Gasteiger partial charge < -0.3 is 24.9 Å². The standard InChI is InChI=1S/C16H19O8P/c1-10(11-2-4-12(17)5-3-11)9-16(19,20)14-8-13(18)6-7-15(14)24-25(21,22)23/h2-8,10,17-20H,9H2,1H3,(H2,21,22,23). The molecule has 1 unspecified atom stereocenters. The first-order valence-electron chi connectivity index (χ1n) is 7.30. The predicted octanol–water partition coefficient (Wildman–Crippen LogP) is 1.90. The van der Waals surface area contributed by atoms with Crippen molar-refractivity contribution in [2.75, 3.05) is 0 Å². The Bertz CT molecular complexity index is 781. The highest BCUT2D eigenvalue weighted by Crippen LogP contribution is 2.44. The summed E-state index contributed by atoms with van der Waals surface area (Å²) in [7, 11) is -4.93. The number of aromatic hydroxyl groups is 2. The number of hydrogen-bond donors (Lipinski definition) is 6. The quantitative estimate of drug-likeness (QED) is 0.334. The van der Waals surface area contributed by atoms with Crippen molar-refractivity contribution in [2.24, 2.45) is 0 Å². The van der Waals surface area contributed by atoms with E-state index in [2.05, 4.69) is 4.52 Å². The van der Waals surface area contributed by atoms with Gasteiger partial charge in [0.2, 0.25) is 0 Å². The van der Waals surface area contributed by atoms with E-state index >= 15 is 0 Å². The lowest BCUT2D eigenvalue weighted by atomic mass is 9.89. The molecule has 2 aromatic rings. The van der Waals surface area contributed by atoms with Crippen LogP contribution in [-0.2, 0) is 10.4 Å². The van der Waals surface area contributed by atoms with E-state index < -0.39 is 19.4 Å². The summed E-state index contributed by atoms with van der Waals surface area (Å²) in [6.45, 7) is 1.71. The van der Waals surface area contributed by atoms with Crippen LogP contribution in [0.1, 0.15) is 30.4 Å². The van der Waals surface area contributed by atoms with Crippen LogP contribution in [0.2, 0.25) is 0 Å². The van der Waals surface area contributed by atoms with Gasteiger partial charge in [-0.2, -0.15) is 0 Å². The van der Waals surface area contributed by atoms with Gasteiger partial charge in [-0.15, -0.1) is 0 Å². The van der Waals surface area contributed by atoms with Gasteiger partial charge in [0.15, 0.2) is 5.79 Å². The maximum Gasteiger partial charge on any atom is 0.524 e. The predicted molar refractivity (Wildman–Crippen MR) is 88.0 cm³/mol. The lowest BCUT2D eigenvalue weighted by Gasteiger charge is -2.27. The summed E-state index contributed by atoms with van der Waals surface area (Å²) in [5, 5.41) is 39.8. The van der Waals surface area contributed by atoms with Gasteiger partial charge in [-0.25, -0.2) is 4.57 Å². The third-order valence-corrected chi connectivity index (χ3v) is 4.10. The highest BCUT2D eigenvalue weighted by molar-refractivity contribution is 7.46. The zero-order valence-corrected chi connectivity index (χ0v) is 14.2. The molecule has 0 aliphatic heterocycles. The van der Waals surface area contributed by atoms with Crippen LogP contribution in [0, 0.1) is 0 Å². The Hall–Kier alpha value is -2.09. The molecule has 9 heteroatoms. The number of phenolic OH excluding ortho intramolecular Hbond substituents is 2. The molecule has 0 radical (unpaired) electrons. The van der Waals surface area contributed by atoms with Crippen LogP contribution in [0.15, 0.2) is 42.5 Å². The summed E-state index contributed by atoms with van der Waals surface area (Å²) in [6, 6.07) is 9.26. The van der Waals surface area contributed by atoms with Crippen molar-refractivity contribution in [3.8, 4) is 17.2 Å². The van der Waals surface area contributed by atoms with Crippen molar-refractivity contribution >= 4 is 7.82 Å². The first-order valence-corrected chi connectivity index (χ1v) is 8.83. The number of aliphatic hydroxyl groups is 2. The zero-order valence-electron chi connectivity index (χ0n) is 13.3. The van der Waals surface area contributed by atoms with E-state index in [1.165, 1.54) is 12.1 Å². The molecule has 0 bridgehead atoms. The molecule has 6 N–H and O–H groups in total. The first kappa shape index (κ1) is 19.2. The maximum atomic E-state index is 11.1. The number of rotatable bonds is 6. The molecule has 0 amide bonds. The Morgan fingerprint density at radius 3 is 2.16 bits per heavy atom. The molecule has 2 aromatic carbocycles. The molecule has 0 aliphatic rings. The molecule has 136 valence electrons. The average Bonchev–Trinajstić information content (AvgIpc) is 2.48. The highest BCUT2D eigenvalue weighted by Gasteiger charge is 2.34. The molecule has 0 aliphatic carbocycles. The molecule has 0 saturated heterocycles. The third-order valence-electron chi connectivity index (χ3n) is 3.66. The Morgan fingerprint density at radius 2 is 1.60 bits per heavy atom. The highest BCUT2D eigenvalue weighted by atomic mass is 31.2. The van der Waals surface area contributed by atoms with Crippen molar-refractivity contribution in [1.29, 1.82) is 0 Å². The van der Waals surface area contributed by atoms with E-state index in [1.807, 2.05) is 0 Å². The van der Waals surface area contributed by atoms with Crippen LogP contribution < -0.4 is 4.52 Å². The van der Waals surface area contributed by atoms with Gasteiger partial charge in [-0.05, 0) is 41.8 Å². The lowest BCUT2D eigenvalue weighted by molar-refractivity contribution is -0.178. The molecule has 8 nitrogen and oxygen atoms in total. The maximum absolute atomic E-state index is 11.1. The van der Waals surface area contributed by atoms with Gasteiger partial charge in [-0.3, -0.25) is 9.79 Å². The van der Waals surface area contributed by atoms with Gasteiger partial charge in [0, 0.05) is 6.42 Å². The fourth-order valence-electron chi connectivity index (χ4n) is 2.50.